The quantitative estimate of drug-likeness (QED) is 0.889. The third-order valence-electron chi connectivity index (χ3n) is 5.98. The molecular formula is C20H28N2O3. The molecule has 4 rings (SSSR count). The van der Waals surface area contributed by atoms with Crippen LogP contribution in [0.1, 0.15) is 37.7 Å². The Morgan fingerprint density at radius 3 is 2.48 bits per heavy atom. The third kappa shape index (κ3) is 3.67. The SMILES string of the molecule is O=C([C@H]1CCc2ccccc2O1)N1CCC(N2CCC(O)CC2)CC1. The molecule has 0 radical (unpaired) electrons. The molecule has 0 spiro atoms. The summed E-state index contributed by atoms with van der Waals surface area (Å²) in [4.78, 5) is 17.3. The van der Waals surface area contributed by atoms with Gasteiger partial charge in [-0.2, -0.15) is 0 Å². The molecule has 1 atom stereocenters. The van der Waals surface area contributed by atoms with Gasteiger partial charge in [0.2, 0.25) is 0 Å². The topological polar surface area (TPSA) is 53.0 Å². The number of para-hydroxylation sites is 1. The summed E-state index contributed by atoms with van der Waals surface area (Å²) in [6, 6.07) is 8.59. The lowest BCUT2D eigenvalue weighted by Crippen LogP contribution is -2.52. The lowest BCUT2D eigenvalue weighted by molar-refractivity contribution is -0.141. The van der Waals surface area contributed by atoms with E-state index < -0.39 is 0 Å². The van der Waals surface area contributed by atoms with Crippen LogP contribution >= 0.6 is 0 Å². The van der Waals surface area contributed by atoms with E-state index in [-0.39, 0.29) is 18.1 Å². The van der Waals surface area contributed by atoms with Crippen molar-refractivity contribution in [1.29, 1.82) is 0 Å². The van der Waals surface area contributed by atoms with Crippen LogP contribution in [0, 0.1) is 0 Å². The van der Waals surface area contributed by atoms with Crippen molar-refractivity contribution in [3.63, 3.8) is 0 Å². The van der Waals surface area contributed by atoms with Crippen LogP contribution in [-0.2, 0) is 11.2 Å². The van der Waals surface area contributed by atoms with Crippen LogP contribution in [0.3, 0.4) is 0 Å². The van der Waals surface area contributed by atoms with Crippen molar-refractivity contribution in [1.82, 2.24) is 9.80 Å². The van der Waals surface area contributed by atoms with Crippen LogP contribution in [0.15, 0.2) is 24.3 Å². The Labute approximate surface area is 149 Å². The first-order valence-electron chi connectivity index (χ1n) is 9.66. The highest BCUT2D eigenvalue weighted by Crippen LogP contribution is 2.29. The van der Waals surface area contributed by atoms with Gasteiger partial charge in [-0.15, -0.1) is 0 Å². The maximum absolute atomic E-state index is 12.8. The maximum Gasteiger partial charge on any atom is 0.263 e. The van der Waals surface area contributed by atoms with Gasteiger partial charge in [-0.3, -0.25) is 4.79 Å². The zero-order valence-corrected chi connectivity index (χ0v) is 14.8. The van der Waals surface area contributed by atoms with E-state index in [2.05, 4.69) is 11.0 Å². The minimum Gasteiger partial charge on any atom is -0.480 e. The zero-order valence-electron chi connectivity index (χ0n) is 14.8. The summed E-state index contributed by atoms with van der Waals surface area (Å²) in [6.07, 6.45) is 5.08. The van der Waals surface area contributed by atoms with E-state index in [0.29, 0.717) is 6.04 Å². The summed E-state index contributed by atoms with van der Waals surface area (Å²) >= 11 is 0. The first-order valence-corrected chi connectivity index (χ1v) is 9.66. The number of aliphatic hydroxyl groups is 1. The molecular weight excluding hydrogens is 316 g/mol. The van der Waals surface area contributed by atoms with E-state index in [9.17, 15) is 9.90 Å². The zero-order chi connectivity index (χ0) is 17.2. The number of likely N-dealkylation sites (tertiary alicyclic amines) is 2. The summed E-state index contributed by atoms with van der Waals surface area (Å²) in [6.45, 7) is 3.62. The number of hydrogen-bond donors (Lipinski definition) is 1. The summed E-state index contributed by atoms with van der Waals surface area (Å²) < 4.78 is 5.97. The molecule has 3 aliphatic rings. The number of aliphatic hydroxyl groups excluding tert-OH is 1. The normalized spacial score (nSPS) is 26.1. The largest absolute Gasteiger partial charge is 0.480 e. The number of amides is 1. The molecule has 1 N–H and O–H groups in total. The van der Waals surface area contributed by atoms with Gasteiger partial charge in [0.25, 0.3) is 5.91 Å². The van der Waals surface area contributed by atoms with Crippen LogP contribution in [0.25, 0.3) is 0 Å². The number of hydrogen-bond acceptors (Lipinski definition) is 4. The number of ether oxygens (including phenoxy) is 1. The Hall–Kier alpha value is -1.59. The Balaban J connectivity index is 1.30. The van der Waals surface area contributed by atoms with Crippen molar-refractivity contribution < 1.29 is 14.6 Å². The van der Waals surface area contributed by atoms with E-state index in [1.807, 2.05) is 23.1 Å². The Kier molecular flexibility index (Phi) is 4.95. The third-order valence-corrected chi connectivity index (χ3v) is 5.98. The van der Waals surface area contributed by atoms with Crippen molar-refractivity contribution in [3.8, 4) is 5.75 Å². The minimum absolute atomic E-state index is 0.121. The summed E-state index contributed by atoms with van der Waals surface area (Å²) in [5.74, 6) is 1.02. The Morgan fingerprint density at radius 2 is 1.72 bits per heavy atom. The van der Waals surface area contributed by atoms with Gasteiger partial charge in [-0.1, -0.05) is 18.2 Å². The first kappa shape index (κ1) is 16.9. The van der Waals surface area contributed by atoms with Crippen LogP contribution in [0.5, 0.6) is 5.75 Å². The number of fused-ring (bicyclic) bond motifs is 1. The second kappa shape index (κ2) is 7.34. The fraction of sp³-hybridized carbons (Fsp3) is 0.650. The second-order valence-corrected chi connectivity index (χ2v) is 7.58. The average molecular weight is 344 g/mol. The molecule has 0 saturated carbocycles. The summed E-state index contributed by atoms with van der Waals surface area (Å²) in [5.41, 5.74) is 1.21. The predicted octanol–water partition coefficient (Wildman–Crippen LogP) is 1.83. The van der Waals surface area contributed by atoms with Crippen molar-refractivity contribution in [2.75, 3.05) is 26.2 Å². The monoisotopic (exact) mass is 344 g/mol. The Morgan fingerprint density at radius 1 is 1.00 bits per heavy atom. The van der Waals surface area contributed by atoms with Gasteiger partial charge in [0.1, 0.15) is 5.75 Å². The molecule has 0 bridgehead atoms. The van der Waals surface area contributed by atoms with Gasteiger partial charge >= 0.3 is 0 Å². The van der Waals surface area contributed by atoms with E-state index in [1.54, 1.807) is 0 Å². The smallest absolute Gasteiger partial charge is 0.263 e. The number of nitrogens with zero attached hydrogens (tertiary/aromatic N) is 2. The summed E-state index contributed by atoms with van der Waals surface area (Å²) in [7, 11) is 0. The molecule has 136 valence electrons. The molecule has 3 heterocycles. The molecule has 2 fully saturated rings. The molecule has 5 nitrogen and oxygen atoms in total. The predicted molar refractivity (Wildman–Crippen MR) is 95.6 cm³/mol. The average Bonchev–Trinajstić information content (AvgIpc) is 2.68. The van der Waals surface area contributed by atoms with Crippen molar-refractivity contribution in [3.05, 3.63) is 29.8 Å². The molecule has 2 saturated heterocycles. The molecule has 1 aromatic rings. The highest BCUT2D eigenvalue weighted by molar-refractivity contribution is 5.81. The van der Waals surface area contributed by atoms with E-state index >= 15 is 0 Å². The van der Waals surface area contributed by atoms with Gasteiger partial charge in [0.05, 0.1) is 6.10 Å². The standard InChI is InChI=1S/C20H28N2O3/c23-17-9-13-21(14-10-17)16-7-11-22(12-8-16)20(24)19-6-5-15-3-1-2-4-18(15)25-19/h1-4,16-17,19,23H,5-14H2/t19-/m1/s1. The molecule has 0 aromatic heterocycles. The molecule has 0 unspecified atom stereocenters. The summed E-state index contributed by atoms with van der Waals surface area (Å²) in [5, 5.41) is 9.66. The van der Waals surface area contributed by atoms with E-state index in [0.717, 1.165) is 70.5 Å². The van der Waals surface area contributed by atoms with Gasteiger partial charge in [-0.25, -0.2) is 0 Å². The fourth-order valence-corrected chi connectivity index (χ4v) is 4.40. The van der Waals surface area contributed by atoms with Crippen molar-refractivity contribution in [2.45, 2.75) is 56.8 Å². The number of carbonyl (C=O) groups is 1. The van der Waals surface area contributed by atoms with Gasteiger partial charge in [0, 0.05) is 32.2 Å². The highest BCUT2D eigenvalue weighted by Gasteiger charge is 2.34. The highest BCUT2D eigenvalue weighted by atomic mass is 16.5. The van der Waals surface area contributed by atoms with Gasteiger partial charge in [0.15, 0.2) is 6.10 Å². The molecule has 5 heteroatoms. The lowest BCUT2D eigenvalue weighted by atomic mass is 9.97. The maximum atomic E-state index is 12.8. The molecule has 25 heavy (non-hydrogen) atoms. The molecule has 1 amide bonds. The van der Waals surface area contributed by atoms with Gasteiger partial charge < -0.3 is 19.6 Å². The molecule has 3 aliphatic heterocycles. The van der Waals surface area contributed by atoms with E-state index in [1.165, 1.54) is 5.56 Å². The number of benzene rings is 1. The molecule has 1 aromatic carbocycles. The second-order valence-electron chi connectivity index (χ2n) is 7.58. The van der Waals surface area contributed by atoms with Crippen LogP contribution in [-0.4, -0.2) is 65.2 Å². The Bertz CT molecular complexity index is 605. The number of carbonyl (C=O) groups excluding carboxylic acids is 1. The first-order chi connectivity index (χ1) is 12.2. The number of piperidine rings is 2. The van der Waals surface area contributed by atoms with E-state index in [4.69, 9.17) is 4.74 Å². The number of rotatable bonds is 2. The van der Waals surface area contributed by atoms with Crippen molar-refractivity contribution >= 4 is 5.91 Å². The number of aryl methyl sites for hydroxylation is 1. The fourth-order valence-electron chi connectivity index (χ4n) is 4.40. The molecule has 0 aliphatic carbocycles. The van der Waals surface area contributed by atoms with Crippen LogP contribution < -0.4 is 4.74 Å². The van der Waals surface area contributed by atoms with Gasteiger partial charge in [-0.05, 0) is 50.2 Å². The van der Waals surface area contributed by atoms with Crippen molar-refractivity contribution in [2.24, 2.45) is 0 Å². The lowest BCUT2D eigenvalue weighted by Gasteiger charge is -2.42. The minimum atomic E-state index is -0.323. The van der Waals surface area contributed by atoms with Crippen LogP contribution in [0.2, 0.25) is 0 Å². The van der Waals surface area contributed by atoms with Crippen LogP contribution in [0.4, 0.5) is 0 Å².